The van der Waals surface area contributed by atoms with Crippen LogP contribution < -0.4 is 0 Å². The lowest BCUT2D eigenvalue weighted by molar-refractivity contribution is -0.197. The number of rotatable bonds is 7. The third kappa shape index (κ3) is 5.02. The number of hydrogen-bond acceptors (Lipinski definition) is 3. The van der Waals surface area contributed by atoms with Gasteiger partial charge in [-0.05, 0) is 68.9 Å². The molecular weight excluding hydrogens is 322 g/mol. The quantitative estimate of drug-likeness (QED) is 0.584. The predicted octanol–water partition coefficient (Wildman–Crippen LogP) is 5.63. The average Bonchev–Trinajstić information content (AvgIpc) is 3.04. The fourth-order valence-electron chi connectivity index (χ4n) is 5.38. The molecule has 0 amide bonds. The van der Waals surface area contributed by atoms with Gasteiger partial charge in [-0.3, -0.25) is 0 Å². The zero-order valence-corrected chi connectivity index (χ0v) is 17.9. The van der Waals surface area contributed by atoms with Crippen LogP contribution in [0.2, 0.25) is 0 Å². The number of likely N-dealkylation sites (tertiary alicyclic amines) is 1. The topological polar surface area (TPSA) is 21.7 Å². The third-order valence-electron chi connectivity index (χ3n) is 7.86. The molecule has 3 rings (SSSR count). The van der Waals surface area contributed by atoms with Crippen LogP contribution in [0.3, 0.4) is 0 Å². The van der Waals surface area contributed by atoms with Crippen LogP contribution in [0.15, 0.2) is 0 Å². The Morgan fingerprint density at radius 1 is 1.12 bits per heavy atom. The predicted molar refractivity (Wildman–Crippen MR) is 108 cm³/mol. The highest BCUT2D eigenvalue weighted by Gasteiger charge is 2.46. The van der Waals surface area contributed by atoms with Gasteiger partial charge in [-0.2, -0.15) is 0 Å². The van der Waals surface area contributed by atoms with Crippen molar-refractivity contribution in [2.24, 2.45) is 17.3 Å². The summed E-state index contributed by atoms with van der Waals surface area (Å²) in [6, 6.07) is 0. The summed E-state index contributed by atoms with van der Waals surface area (Å²) in [5.41, 5.74) is 0.463. The highest BCUT2D eigenvalue weighted by molar-refractivity contribution is 4.89. The maximum absolute atomic E-state index is 6.48. The van der Waals surface area contributed by atoms with Crippen LogP contribution in [0.5, 0.6) is 0 Å². The summed E-state index contributed by atoms with van der Waals surface area (Å²) in [4.78, 5) is 2.68. The number of ether oxygens (including phenoxy) is 2. The second-order valence-corrected chi connectivity index (χ2v) is 9.94. The third-order valence-corrected chi connectivity index (χ3v) is 7.86. The Labute approximate surface area is 162 Å². The minimum atomic E-state index is -0.233. The summed E-state index contributed by atoms with van der Waals surface area (Å²) in [5, 5.41) is 0. The highest BCUT2D eigenvalue weighted by atomic mass is 16.7. The maximum atomic E-state index is 6.48. The molecule has 0 aromatic heterocycles. The van der Waals surface area contributed by atoms with E-state index in [9.17, 15) is 0 Å². The summed E-state index contributed by atoms with van der Waals surface area (Å²) in [5.74, 6) is 1.53. The largest absolute Gasteiger partial charge is 0.347 e. The Hall–Kier alpha value is -0.120. The van der Waals surface area contributed by atoms with Crippen molar-refractivity contribution in [1.82, 2.24) is 4.90 Å². The molecule has 26 heavy (non-hydrogen) atoms. The van der Waals surface area contributed by atoms with E-state index in [0.717, 1.165) is 31.3 Å². The fourth-order valence-corrected chi connectivity index (χ4v) is 5.38. The fraction of sp³-hybridized carbons (Fsp3) is 1.00. The molecule has 0 radical (unpaired) electrons. The molecule has 3 heteroatoms. The molecule has 1 aliphatic carbocycles. The molecule has 2 aliphatic heterocycles. The summed E-state index contributed by atoms with van der Waals surface area (Å²) in [6.45, 7) is 14.2. The van der Waals surface area contributed by atoms with Crippen molar-refractivity contribution in [3.8, 4) is 0 Å². The monoisotopic (exact) mass is 365 g/mol. The van der Waals surface area contributed by atoms with E-state index in [0.29, 0.717) is 11.5 Å². The molecule has 2 saturated heterocycles. The first-order valence-corrected chi connectivity index (χ1v) is 11.5. The van der Waals surface area contributed by atoms with Crippen LogP contribution in [0.25, 0.3) is 0 Å². The SMILES string of the molecule is CCC1CCCN(CCCC2COC3(CCC(C(C)(C)CC)CC3)O2)C1. The van der Waals surface area contributed by atoms with E-state index in [-0.39, 0.29) is 5.79 Å². The first-order chi connectivity index (χ1) is 12.5. The Morgan fingerprint density at radius 3 is 2.58 bits per heavy atom. The number of piperidine rings is 1. The minimum Gasteiger partial charge on any atom is -0.347 e. The van der Waals surface area contributed by atoms with Crippen molar-refractivity contribution < 1.29 is 9.47 Å². The van der Waals surface area contributed by atoms with Crippen molar-refractivity contribution in [3.05, 3.63) is 0 Å². The van der Waals surface area contributed by atoms with E-state index in [1.54, 1.807) is 0 Å². The molecule has 2 heterocycles. The van der Waals surface area contributed by atoms with Crippen LogP contribution in [-0.4, -0.2) is 43.0 Å². The first kappa shape index (κ1) is 20.6. The Kier molecular flexibility index (Phi) is 7.07. The normalized spacial score (nSPS) is 36.7. The molecule has 3 nitrogen and oxygen atoms in total. The van der Waals surface area contributed by atoms with Gasteiger partial charge in [0.25, 0.3) is 0 Å². The lowest BCUT2D eigenvalue weighted by Crippen LogP contribution is -2.39. The summed E-state index contributed by atoms with van der Waals surface area (Å²) < 4.78 is 12.7. The second kappa shape index (κ2) is 8.92. The van der Waals surface area contributed by atoms with Crippen LogP contribution in [0.4, 0.5) is 0 Å². The summed E-state index contributed by atoms with van der Waals surface area (Å²) in [7, 11) is 0. The van der Waals surface area contributed by atoms with E-state index in [1.807, 2.05) is 0 Å². The van der Waals surface area contributed by atoms with Gasteiger partial charge in [0.05, 0.1) is 12.7 Å². The molecular formula is C23H43NO2. The van der Waals surface area contributed by atoms with Gasteiger partial charge in [-0.25, -0.2) is 0 Å². The van der Waals surface area contributed by atoms with Crippen molar-refractivity contribution in [3.63, 3.8) is 0 Å². The van der Waals surface area contributed by atoms with E-state index < -0.39 is 0 Å². The summed E-state index contributed by atoms with van der Waals surface area (Å²) in [6.07, 6.45) is 12.9. The molecule has 152 valence electrons. The van der Waals surface area contributed by atoms with Crippen molar-refractivity contribution in [2.45, 2.75) is 104 Å². The van der Waals surface area contributed by atoms with E-state index >= 15 is 0 Å². The van der Waals surface area contributed by atoms with Crippen LogP contribution in [-0.2, 0) is 9.47 Å². The second-order valence-electron chi connectivity index (χ2n) is 9.94. The van der Waals surface area contributed by atoms with Gasteiger partial charge in [0.1, 0.15) is 0 Å². The molecule has 0 aromatic carbocycles. The van der Waals surface area contributed by atoms with Crippen molar-refractivity contribution in [2.75, 3.05) is 26.2 Å². The molecule has 1 saturated carbocycles. The molecule has 2 unspecified atom stereocenters. The molecule has 3 fully saturated rings. The van der Waals surface area contributed by atoms with Crippen LogP contribution in [0, 0.1) is 17.3 Å². The van der Waals surface area contributed by atoms with Crippen molar-refractivity contribution >= 4 is 0 Å². The van der Waals surface area contributed by atoms with Gasteiger partial charge in [0.2, 0.25) is 0 Å². The highest BCUT2D eigenvalue weighted by Crippen LogP contribution is 2.47. The van der Waals surface area contributed by atoms with Gasteiger partial charge in [-0.1, -0.05) is 40.5 Å². The van der Waals surface area contributed by atoms with E-state index in [4.69, 9.17) is 9.47 Å². The molecule has 1 spiro atoms. The number of hydrogen-bond donors (Lipinski definition) is 0. The molecule has 0 aromatic rings. The van der Waals surface area contributed by atoms with E-state index in [1.165, 1.54) is 71.0 Å². The zero-order chi connectivity index (χ0) is 18.6. The van der Waals surface area contributed by atoms with Gasteiger partial charge < -0.3 is 14.4 Å². The lowest BCUT2D eigenvalue weighted by Gasteiger charge is -2.42. The minimum absolute atomic E-state index is 0.233. The molecule has 0 bridgehead atoms. The average molecular weight is 366 g/mol. The lowest BCUT2D eigenvalue weighted by atomic mass is 9.68. The van der Waals surface area contributed by atoms with Gasteiger partial charge in [-0.15, -0.1) is 0 Å². The zero-order valence-electron chi connectivity index (χ0n) is 17.9. The maximum Gasteiger partial charge on any atom is 0.168 e. The Morgan fingerprint density at radius 2 is 1.88 bits per heavy atom. The van der Waals surface area contributed by atoms with Gasteiger partial charge >= 0.3 is 0 Å². The van der Waals surface area contributed by atoms with E-state index in [2.05, 4.69) is 32.6 Å². The van der Waals surface area contributed by atoms with Crippen LogP contribution >= 0.6 is 0 Å². The first-order valence-electron chi connectivity index (χ1n) is 11.5. The molecule has 2 atom stereocenters. The number of nitrogens with zero attached hydrogens (tertiary/aromatic N) is 1. The Balaban J connectivity index is 1.37. The molecule has 0 N–H and O–H groups in total. The van der Waals surface area contributed by atoms with Gasteiger partial charge in [0.15, 0.2) is 5.79 Å². The van der Waals surface area contributed by atoms with Crippen LogP contribution in [0.1, 0.15) is 91.9 Å². The Bertz CT molecular complexity index is 428. The summed E-state index contributed by atoms with van der Waals surface area (Å²) >= 11 is 0. The van der Waals surface area contributed by atoms with Crippen molar-refractivity contribution in [1.29, 1.82) is 0 Å². The molecule has 3 aliphatic rings. The smallest absolute Gasteiger partial charge is 0.168 e. The van der Waals surface area contributed by atoms with Gasteiger partial charge in [0, 0.05) is 19.4 Å². The standard InChI is InChI=1S/C23H43NO2/c1-5-19-9-7-15-24(17-19)16-8-10-21-18-25-23(26-21)13-11-20(12-14-23)22(3,4)6-2/h19-21H,5-18H2,1-4H3.